The van der Waals surface area contributed by atoms with Gasteiger partial charge in [-0.3, -0.25) is 4.79 Å². The number of hydrogen-bond donors (Lipinski definition) is 2. The van der Waals surface area contributed by atoms with E-state index in [4.69, 9.17) is 21.4 Å². The first-order chi connectivity index (χ1) is 10.0. The number of amides is 1. The molecule has 1 aromatic carbocycles. The second kappa shape index (κ2) is 6.23. The molecule has 0 aliphatic rings. The lowest BCUT2D eigenvalue weighted by Crippen LogP contribution is -2.15. The van der Waals surface area contributed by atoms with Crippen LogP contribution in [0.4, 0.5) is 5.82 Å². The normalized spacial score (nSPS) is 10.0. The van der Waals surface area contributed by atoms with Gasteiger partial charge in [0, 0.05) is 5.02 Å². The molecule has 2 N–H and O–H groups in total. The van der Waals surface area contributed by atoms with Crippen LogP contribution >= 0.6 is 11.6 Å². The lowest BCUT2D eigenvalue weighted by atomic mass is 10.2. The summed E-state index contributed by atoms with van der Waals surface area (Å²) in [4.78, 5) is 26.8. The highest BCUT2D eigenvalue weighted by Crippen LogP contribution is 2.23. The first-order valence-corrected chi connectivity index (χ1v) is 6.24. The van der Waals surface area contributed by atoms with Crippen molar-refractivity contribution in [3.63, 3.8) is 0 Å². The largest absolute Gasteiger partial charge is 0.496 e. The van der Waals surface area contributed by atoms with E-state index >= 15 is 0 Å². The predicted molar refractivity (Wildman–Crippen MR) is 77.2 cm³/mol. The maximum Gasteiger partial charge on any atom is 0.354 e. The topological polar surface area (TPSA) is 88.5 Å². The fourth-order valence-corrected chi connectivity index (χ4v) is 1.82. The third-order valence-corrected chi connectivity index (χ3v) is 2.85. The second-order valence-corrected chi connectivity index (χ2v) is 4.45. The fourth-order valence-electron chi connectivity index (χ4n) is 1.66. The van der Waals surface area contributed by atoms with E-state index in [0.717, 1.165) is 0 Å². The van der Waals surface area contributed by atoms with Crippen LogP contribution in [0.15, 0.2) is 36.4 Å². The molecule has 2 rings (SSSR count). The number of pyridine rings is 1. The van der Waals surface area contributed by atoms with E-state index in [1.54, 1.807) is 6.07 Å². The molecule has 0 radical (unpaired) electrons. The summed E-state index contributed by atoms with van der Waals surface area (Å²) in [6.45, 7) is 0. The van der Waals surface area contributed by atoms with Gasteiger partial charge in [0.25, 0.3) is 5.91 Å². The van der Waals surface area contributed by atoms with Crippen molar-refractivity contribution in [3.8, 4) is 5.75 Å². The molecule has 0 aliphatic heterocycles. The number of nitrogens with one attached hydrogen (secondary N) is 1. The van der Waals surface area contributed by atoms with Gasteiger partial charge in [0.2, 0.25) is 0 Å². The monoisotopic (exact) mass is 306 g/mol. The van der Waals surface area contributed by atoms with Gasteiger partial charge in [-0.2, -0.15) is 0 Å². The molecule has 108 valence electrons. The summed E-state index contributed by atoms with van der Waals surface area (Å²) in [7, 11) is 1.42. The fraction of sp³-hybridized carbons (Fsp3) is 0.0714. The van der Waals surface area contributed by atoms with Crippen molar-refractivity contribution in [2.45, 2.75) is 0 Å². The Labute approximate surface area is 125 Å². The van der Waals surface area contributed by atoms with E-state index in [1.807, 2.05) is 0 Å². The maximum absolute atomic E-state index is 12.2. The van der Waals surface area contributed by atoms with Gasteiger partial charge in [0.05, 0.1) is 12.7 Å². The molecule has 21 heavy (non-hydrogen) atoms. The van der Waals surface area contributed by atoms with Crippen LogP contribution < -0.4 is 10.1 Å². The van der Waals surface area contributed by atoms with Crippen molar-refractivity contribution in [2.24, 2.45) is 0 Å². The molecule has 0 atom stereocenters. The SMILES string of the molecule is COc1cc(Cl)ccc1C(=O)Nc1cccc(C(=O)O)n1. The van der Waals surface area contributed by atoms with Gasteiger partial charge in [0.1, 0.15) is 11.6 Å². The Bertz CT molecular complexity index is 703. The Morgan fingerprint density at radius 2 is 2.05 bits per heavy atom. The average Bonchev–Trinajstić information content (AvgIpc) is 2.47. The Kier molecular flexibility index (Phi) is 4.39. The van der Waals surface area contributed by atoms with Crippen molar-refractivity contribution in [1.29, 1.82) is 0 Å². The van der Waals surface area contributed by atoms with E-state index in [1.165, 1.54) is 37.4 Å². The van der Waals surface area contributed by atoms with Gasteiger partial charge in [-0.15, -0.1) is 0 Å². The molecule has 0 aliphatic carbocycles. The molecular weight excluding hydrogens is 296 g/mol. The van der Waals surface area contributed by atoms with Gasteiger partial charge in [-0.05, 0) is 30.3 Å². The zero-order chi connectivity index (χ0) is 15.4. The molecule has 0 fully saturated rings. The minimum atomic E-state index is -1.17. The Morgan fingerprint density at radius 1 is 1.29 bits per heavy atom. The predicted octanol–water partition coefficient (Wildman–Crippen LogP) is 2.69. The third-order valence-electron chi connectivity index (χ3n) is 2.62. The van der Waals surface area contributed by atoms with E-state index in [-0.39, 0.29) is 17.1 Å². The molecule has 1 amide bonds. The summed E-state index contributed by atoms with van der Waals surface area (Å²) in [5.74, 6) is -1.19. The zero-order valence-corrected chi connectivity index (χ0v) is 11.7. The van der Waals surface area contributed by atoms with Crippen LogP contribution in [0, 0.1) is 0 Å². The van der Waals surface area contributed by atoms with E-state index in [9.17, 15) is 9.59 Å². The van der Waals surface area contributed by atoms with Gasteiger partial charge in [-0.1, -0.05) is 17.7 Å². The van der Waals surface area contributed by atoms with Crippen LogP contribution in [-0.2, 0) is 0 Å². The van der Waals surface area contributed by atoms with Gasteiger partial charge in [-0.25, -0.2) is 9.78 Å². The summed E-state index contributed by atoms with van der Waals surface area (Å²) in [5.41, 5.74) is 0.111. The number of aromatic carboxylic acids is 1. The molecular formula is C14H11ClN2O4. The van der Waals surface area contributed by atoms with Crippen molar-refractivity contribution in [1.82, 2.24) is 4.98 Å². The van der Waals surface area contributed by atoms with E-state index in [0.29, 0.717) is 10.8 Å². The zero-order valence-electron chi connectivity index (χ0n) is 11.0. The number of rotatable bonds is 4. The van der Waals surface area contributed by atoms with Crippen LogP contribution in [0.1, 0.15) is 20.8 Å². The number of carboxylic acid groups (broad SMARTS) is 1. The lowest BCUT2D eigenvalue weighted by molar-refractivity contribution is 0.0690. The highest BCUT2D eigenvalue weighted by Gasteiger charge is 2.14. The first-order valence-electron chi connectivity index (χ1n) is 5.86. The first kappa shape index (κ1) is 14.8. The van der Waals surface area contributed by atoms with Crippen molar-refractivity contribution in [2.75, 3.05) is 12.4 Å². The van der Waals surface area contributed by atoms with Crippen LogP contribution in [0.3, 0.4) is 0 Å². The molecule has 2 aromatic rings. The molecule has 0 saturated heterocycles. The molecule has 0 bridgehead atoms. The molecule has 0 spiro atoms. The minimum absolute atomic E-state index is 0.136. The number of carbonyl (C=O) groups is 2. The molecule has 0 saturated carbocycles. The van der Waals surface area contributed by atoms with E-state index < -0.39 is 11.9 Å². The number of hydrogen-bond acceptors (Lipinski definition) is 4. The number of halogens is 1. The molecule has 6 nitrogen and oxygen atoms in total. The number of anilines is 1. The number of methoxy groups -OCH3 is 1. The van der Waals surface area contributed by atoms with Crippen LogP contribution in [0.25, 0.3) is 0 Å². The third kappa shape index (κ3) is 3.49. The summed E-state index contributed by atoms with van der Waals surface area (Å²) in [6.07, 6.45) is 0. The quantitative estimate of drug-likeness (QED) is 0.906. The second-order valence-electron chi connectivity index (χ2n) is 4.01. The summed E-state index contributed by atoms with van der Waals surface area (Å²) >= 11 is 5.83. The van der Waals surface area contributed by atoms with Gasteiger partial charge >= 0.3 is 5.97 Å². The minimum Gasteiger partial charge on any atom is -0.496 e. The lowest BCUT2D eigenvalue weighted by Gasteiger charge is -2.09. The van der Waals surface area contributed by atoms with Crippen LogP contribution in [-0.4, -0.2) is 29.1 Å². The smallest absolute Gasteiger partial charge is 0.354 e. The summed E-state index contributed by atoms with van der Waals surface area (Å²) in [6, 6.07) is 8.90. The Hall–Kier alpha value is -2.60. The number of ether oxygens (including phenoxy) is 1. The van der Waals surface area contributed by atoms with Crippen molar-refractivity contribution >= 4 is 29.3 Å². The number of aromatic nitrogens is 1. The standard InChI is InChI=1S/C14H11ClN2O4/c1-21-11-7-8(15)5-6-9(11)13(18)17-12-4-2-3-10(16-12)14(19)20/h2-7H,1H3,(H,19,20)(H,16,17,18). The Morgan fingerprint density at radius 3 is 2.71 bits per heavy atom. The van der Waals surface area contributed by atoms with Crippen molar-refractivity contribution < 1.29 is 19.4 Å². The van der Waals surface area contributed by atoms with Gasteiger partial charge in [0.15, 0.2) is 5.69 Å². The number of benzene rings is 1. The van der Waals surface area contributed by atoms with Crippen LogP contribution in [0.5, 0.6) is 5.75 Å². The number of carboxylic acids is 1. The summed E-state index contributed by atoms with van der Waals surface area (Å²) < 4.78 is 5.09. The molecule has 7 heteroatoms. The highest BCUT2D eigenvalue weighted by molar-refractivity contribution is 6.31. The number of carbonyl (C=O) groups excluding carboxylic acids is 1. The van der Waals surface area contributed by atoms with Gasteiger partial charge < -0.3 is 15.2 Å². The Balaban J connectivity index is 2.26. The van der Waals surface area contributed by atoms with Crippen LogP contribution in [0.2, 0.25) is 5.02 Å². The van der Waals surface area contributed by atoms with E-state index in [2.05, 4.69) is 10.3 Å². The highest BCUT2D eigenvalue weighted by atomic mass is 35.5. The molecule has 1 heterocycles. The average molecular weight is 307 g/mol. The number of nitrogens with zero attached hydrogens (tertiary/aromatic N) is 1. The maximum atomic E-state index is 12.2. The molecule has 1 aromatic heterocycles. The summed E-state index contributed by atoms with van der Waals surface area (Å²) in [5, 5.41) is 11.8. The molecule has 0 unspecified atom stereocenters. The van der Waals surface area contributed by atoms with Crippen molar-refractivity contribution in [3.05, 3.63) is 52.7 Å².